The van der Waals surface area contributed by atoms with Crippen LogP contribution in [0.2, 0.25) is 5.02 Å². The van der Waals surface area contributed by atoms with E-state index in [-0.39, 0.29) is 30.0 Å². The minimum atomic E-state index is -0.893. The summed E-state index contributed by atoms with van der Waals surface area (Å²) in [6.45, 7) is 5.34. The lowest BCUT2D eigenvalue weighted by molar-refractivity contribution is -0.135. The fourth-order valence-corrected chi connectivity index (χ4v) is 4.00. The van der Waals surface area contributed by atoms with Gasteiger partial charge in [-0.25, -0.2) is 4.79 Å². The van der Waals surface area contributed by atoms with Gasteiger partial charge in [0.1, 0.15) is 11.7 Å². The monoisotopic (exact) mass is 559 g/mol. The summed E-state index contributed by atoms with van der Waals surface area (Å²) in [5, 5.41) is 14.8. The molecular weight excluding hydrogens is 530 g/mol. The zero-order valence-corrected chi connectivity index (χ0v) is 23.2. The molecule has 40 heavy (non-hydrogen) atoms. The van der Waals surface area contributed by atoms with Crippen LogP contribution in [0, 0.1) is 17.2 Å². The Bertz CT molecular complexity index is 1420. The normalized spacial score (nSPS) is 11.6. The molecule has 0 fully saturated rings. The molecule has 0 spiro atoms. The van der Waals surface area contributed by atoms with Crippen LogP contribution in [0.25, 0.3) is 0 Å². The summed E-state index contributed by atoms with van der Waals surface area (Å²) in [7, 11) is 0. The Labute approximate surface area is 238 Å². The van der Waals surface area contributed by atoms with E-state index < -0.39 is 29.2 Å². The fourth-order valence-electron chi connectivity index (χ4n) is 3.82. The number of nitrogens with zero attached hydrogens (tertiary/aromatic N) is 1. The van der Waals surface area contributed by atoms with E-state index in [1.807, 2.05) is 36.4 Å². The molecule has 0 saturated heterocycles. The van der Waals surface area contributed by atoms with Crippen LogP contribution >= 0.6 is 11.6 Å². The second-order valence-corrected chi connectivity index (χ2v) is 10.6. The standard InChI is InChI=1S/C31H30ClN3O5/c1-31(2,3)40-30(39)21-10-14-25(15-11-21)34-28(37)22(17-20-7-5-4-6-8-20)12-16-27(36)29(38)35-26-18-24(32)13-9-23(26)19-33/h4-11,13-15,18,22H,12,16-17H2,1-3H3,(H,34,37)(H,35,38)/t22-/m0/s1. The number of benzene rings is 3. The molecule has 9 heteroatoms. The van der Waals surface area contributed by atoms with Gasteiger partial charge in [0, 0.05) is 23.0 Å². The topological polar surface area (TPSA) is 125 Å². The lowest BCUT2D eigenvalue weighted by Crippen LogP contribution is -2.28. The zero-order valence-electron chi connectivity index (χ0n) is 22.5. The highest BCUT2D eigenvalue weighted by Crippen LogP contribution is 2.22. The first-order chi connectivity index (χ1) is 18.9. The molecule has 3 aromatic carbocycles. The van der Waals surface area contributed by atoms with E-state index in [4.69, 9.17) is 16.3 Å². The maximum Gasteiger partial charge on any atom is 0.338 e. The van der Waals surface area contributed by atoms with Gasteiger partial charge in [0.15, 0.2) is 0 Å². The minimum Gasteiger partial charge on any atom is -0.456 e. The Balaban J connectivity index is 1.68. The highest BCUT2D eigenvalue weighted by atomic mass is 35.5. The second-order valence-electron chi connectivity index (χ2n) is 10.2. The highest BCUT2D eigenvalue weighted by molar-refractivity contribution is 6.41. The highest BCUT2D eigenvalue weighted by Gasteiger charge is 2.24. The third kappa shape index (κ3) is 9.07. The van der Waals surface area contributed by atoms with Gasteiger partial charge >= 0.3 is 5.97 Å². The van der Waals surface area contributed by atoms with Crippen molar-refractivity contribution in [1.29, 1.82) is 5.26 Å². The number of nitrogens with one attached hydrogen (secondary N) is 2. The lowest BCUT2D eigenvalue weighted by atomic mass is 9.92. The van der Waals surface area contributed by atoms with Crippen LogP contribution in [0.1, 0.15) is 55.1 Å². The molecule has 0 unspecified atom stereocenters. The first kappa shape index (κ1) is 30.1. The molecule has 3 aromatic rings. The van der Waals surface area contributed by atoms with Crippen molar-refractivity contribution >= 4 is 46.5 Å². The van der Waals surface area contributed by atoms with Crippen molar-refractivity contribution in [3.05, 3.63) is 94.5 Å². The molecule has 0 saturated carbocycles. The van der Waals surface area contributed by atoms with Crippen LogP contribution in [-0.4, -0.2) is 29.2 Å². The van der Waals surface area contributed by atoms with Crippen molar-refractivity contribution < 1.29 is 23.9 Å². The van der Waals surface area contributed by atoms with E-state index in [0.29, 0.717) is 22.7 Å². The van der Waals surface area contributed by atoms with Crippen LogP contribution < -0.4 is 10.6 Å². The Hall–Kier alpha value is -4.48. The number of anilines is 2. The van der Waals surface area contributed by atoms with Crippen molar-refractivity contribution in [2.24, 2.45) is 5.92 Å². The summed E-state index contributed by atoms with van der Waals surface area (Å²) in [5.74, 6) is -3.04. The molecule has 0 aliphatic carbocycles. The summed E-state index contributed by atoms with van der Waals surface area (Å²) < 4.78 is 5.37. The molecule has 0 aromatic heterocycles. The van der Waals surface area contributed by atoms with Gasteiger partial charge in [0.25, 0.3) is 5.91 Å². The van der Waals surface area contributed by atoms with Gasteiger partial charge in [-0.3, -0.25) is 14.4 Å². The van der Waals surface area contributed by atoms with Crippen molar-refractivity contribution in [2.75, 3.05) is 10.6 Å². The molecule has 3 rings (SSSR count). The van der Waals surface area contributed by atoms with Gasteiger partial charge in [-0.15, -0.1) is 0 Å². The van der Waals surface area contributed by atoms with E-state index in [0.717, 1.165) is 5.56 Å². The molecule has 2 N–H and O–H groups in total. The number of carbonyl (C=O) groups excluding carboxylic acids is 4. The predicted octanol–water partition coefficient (Wildman–Crippen LogP) is 5.95. The molecule has 2 amide bonds. The van der Waals surface area contributed by atoms with Gasteiger partial charge in [0.2, 0.25) is 11.7 Å². The number of hydrogen-bond acceptors (Lipinski definition) is 6. The molecule has 0 heterocycles. The molecule has 206 valence electrons. The SMILES string of the molecule is CC(C)(C)OC(=O)c1ccc(NC(=O)[C@@H](CCC(=O)C(=O)Nc2cc(Cl)ccc2C#N)Cc2ccccc2)cc1. The van der Waals surface area contributed by atoms with Gasteiger partial charge in [-0.05, 0) is 81.6 Å². The average molecular weight is 560 g/mol. The maximum absolute atomic E-state index is 13.3. The van der Waals surface area contributed by atoms with E-state index in [1.165, 1.54) is 18.2 Å². The van der Waals surface area contributed by atoms with Crippen LogP contribution in [0.5, 0.6) is 0 Å². The molecule has 0 bridgehead atoms. The lowest BCUT2D eigenvalue weighted by Gasteiger charge is -2.19. The summed E-state index contributed by atoms with van der Waals surface area (Å²) in [6.07, 6.45) is 0.283. The Morgan fingerprint density at radius 1 is 0.950 bits per heavy atom. The van der Waals surface area contributed by atoms with Crippen LogP contribution in [0.15, 0.2) is 72.8 Å². The third-order valence-electron chi connectivity index (χ3n) is 5.81. The van der Waals surface area contributed by atoms with Crippen molar-refractivity contribution in [2.45, 2.75) is 45.6 Å². The Morgan fingerprint density at radius 3 is 2.25 bits per heavy atom. The van der Waals surface area contributed by atoms with E-state index in [1.54, 1.807) is 45.0 Å². The predicted molar refractivity (Wildman–Crippen MR) is 153 cm³/mol. The van der Waals surface area contributed by atoms with Crippen LogP contribution in [0.4, 0.5) is 11.4 Å². The molecule has 0 aliphatic heterocycles. The van der Waals surface area contributed by atoms with E-state index in [2.05, 4.69) is 10.6 Å². The van der Waals surface area contributed by atoms with Gasteiger partial charge in [-0.1, -0.05) is 41.9 Å². The van der Waals surface area contributed by atoms with Gasteiger partial charge < -0.3 is 15.4 Å². The van der Waals surface area contributed by atoms with Crippen molar-refractivity contribution in [1.82, 2.24) is 0 Å². The smallest absolute Gasteiger partial charge is 0.338 e. The number of halogens is 1. The van der Waals surface area contributed by atoms with Crippen molar-refractivity contribution in [3.8, 4) is 6.07 Å². The Kier molecular flexibility index (Phi) is 10.2. The minimum absolute atomic E-state index is 0.115. The van der Waals surface area contributed by atoms with Gasteiger partial charge in [0.05, 0.1) is 16.8 Å². The van der Waals surface area contributed by atoms with Crippen LogP contribution in [0.3, 0.4) is 0 Å². The van der Waals surface area contributed by atoms with E-state index >= 15 is 0 Å². The largest absolute Gasteiger partial charge is 0.456 e. The number of ether oxygens (including phenoxy) is 1. The number of hydrogen-bond donors (Lipinski definition) is 2. The number of carbonyl (C=O) groups is 4. The molecule has 0 radical (unpaired) electrons. The number of rotatable bonds is 10. The first-order valence-electron chi connectivity index (χ1n) is 12.7. The molecular formula is C31H30ClN3O5. The average Bonchev–Trinajstić information content (AvgIpc) is 2.91. The summed E-state index contributed by atoms with van der Waals surface area (Å²) in [4.78, 5) is 50.7. The first-order valence-corrected chi connectivity index (χ1v) is 13.0. The summed E-state index contributed by atoms with van der Waals surface area (Å²) >= 11 is 5.95. The van der Waals surface area contributed by atoms with Crippen LogP contribution in [-0.2, 0) is 25.5 Å². The third-order valence-corrected chi connectivity index (χ3v) is 6.04. The molecule has 0 aliphatic rings. The van der Waals surface area contributed by atoms with E-state index in [9.17, 15) is 24.4 Å². The molecule has 8 nitrogen and oxygen atoms in total. The molecule has 1 atom stereocenters. The number of ketones is 1. The summed E-state index contributed by atoms with van der Waals surface area (Å²) in [6, 6.07) is 22.0. The fraction of sp³-hybridized carbons (Fsp3) is 0.258. The second kappa shape index (κ2) is 13.5. The maximum atomic E-state index is 13.3. The number of amides is 2. The number of Topliss-reactive ketones (excluding diaryl/α,β-unsaturated/α-hetero) is 1. The quantitative estimate of drug-likeness (QED) is 0.233. The zero-order chi connectivity index (χ0) is 29.3. The Morgan fingerprint density at radius 2 is 1.62 bits per heavy atom. The van der Waals surface area contributed by atoms with Crippen molar-refractivity contribution in [3.63, 3.8) is 0 Å². The van der Waals surface area contributed by atoms with Gasteiger partial charge in [-0.2, -0.15) is 5.26 Å². The summed E-state index contributed by atoms with van der Waals surface area (Å²) in [5.41, 5.74) is 1.41. The number of esters is 1. The number of nitriles is 1.